The molecule has 2 aromatic heterocycles. The number of hydrogen-bond acceptors (Lipinski definition) is 5. The molecule has 8 heteroatoms. The number of halogens is 1. The molecule has 34 heavy (non-hydrogen) atoms. The molecule has 3 heterocycles. The lowest BCUT2D eigenvalue weighted by molar-refractivity contribution is -0.113. The zero-order valence-electron chi connectivity index (χ0n) is 18.4. The first-order valence-electron chi connectivity index (χ1n) is 10.6. The number of para-hydroxylation sites is 1. The summed E-state index contributed by atoms with van der Waals surface area (Å²) in [5.74, 6) is 0.860. The number of benzene rings is 2. The normalized spacial score (nSPS) is 15.7. The molecule has 0 aliphatic carbocycles. The van der Waals surface area contributed by atoms with Crippen LogP contribution in [0.2, 0.25) is 5.02 Å². The molecule has 0 saturated heterocycles. The van der Waals surface area contributed by atoms with Crippen molar-refractivity contribution in [2.75, 3.05) is 5.32 Å². The molecule has 0 bridgehead atoms. The lowest BCUT2D eigenvalue weighted by Crippen LogP contribution is -2.40. The summed E-state index contributed by atoms with van der Waals surface area (Å²) in [5, 5.41) is 3.54. The highest BCUT2D eigenvalue weighted by Crippen LogP contribution is 2.31. The van der Waals surface area contributed by atoms with Crippen LogP contribution in [-0.2, 0) is 4.79 Å². The molecule has 2 aromatic carbocycles. The van der Waals surface area contributed by atoms with E-state index in [2.05, 4.69) is 10.3 Å². The molecule has 6 nitrogen and oxygen atoms in total. The van der Waals surface area contributed by atoms with Crippen LogP contribution in [0.15, 0.2) is 92.2 Å². The number of thiazole rings is 1. The molecule has 0 fully saturated rings. The summed E-state index contributed by atoms with van der Waals surface area (Å²) in [6.07, 6.45) is 1.80. The number of nitrogens with one attached hydrogen (secondary N) is 1. The van der Waals surface area contributed by atoms with Gasteiger partial charge in [-0.15, -0.1) is 0 Å². The van der Waals surface area contributed by atoms with Crippen LogP contribution in [0, 0.1) is 6.92 Å². The molecule has 1 atom stereocenters. The highest BCUT2D eigenvalue weighted by Gasteiger charge is 2.34. The van der Waals surface area contributed by atoms with Crippen LogP contribution in [0.5, 0.6) is 0 Å². The van der Waals surface area contributed by atoms with E-state index in [4.69, 9.17) is 16.0 Å². The molecule has 0 spiro atoms. The second-order valence-electron chi connectivity index (χ2n) is 7.90. The molecule has 0 unspecified atom stereocenters. The molecule has 1 aliphatic rings. The summed E-state index contributed by atoms with van der Waals surface area (Å²) in [4.78, 5) is 32.1. The molecular formula is C26H20ClN3O3S. The van der Waals surface area contributed by atoms with Gasteiger partial charge in [0.25, 0.3) is 11.5 Å². The highest BCUT2D eigenvalue weighted by molar-refractivity contribution is 7.07. The van der Waals surface area contributed by atoms with Crippen LogP contribution in [0.4, 0.5) is 5.69 Å². The van der Waals surface area contributed by atoms with Crippen LogP contribution in [0.3, 0.4) is 0 Å². The van der Waals surface area contributed by atoms with Crippen molar-refractivity contribution in [3.8, 4) is 0 Å². The van der Waals surface area contributed by atoms with E-state index in [-0.39, 0.29) is 11.5 Å². The molecule has 5 rings (SSSR count). The fourth-order valence-corrected chi connectivity index (χ4v) is 5.08. The van der Waals surface area contributed by atoms with Crippen molar-refractivity contribution in [3.63, 3.8) is 0 Å². The fourth-order valence-electron chi connectivity index (χ4n) is 3.91. The van der Waals surface area contributed by atoms with Crippen molar-refractivity contribution in [2.45, 2.75) is 19.9 Å². The average Bonchev–Trinajstić information content (AvgIpc) is 3.38. The van der Waals surface area contributed by atoms with E-state index in [9.17, 15) is 9.59 Å². The van der Waals surface area contributed by atoms with E-state index < -0.39 is 6.04 Å². The van der Waals surface area contributed by atoms with Crippen molar-refractivity contribution in [1.82, 2.24) is 4.57 Å². The topological polar surface area (TPSA) is 76.6 Å². The number of fused-ring (bicyclic) bond motifs is 1. The standard InChI is InChI=1S/C26H20ClN3O3S/c1-15-8-13-20(33-15)23-22(24(31)29-19-6-4-3-5-7-19)16(2)28-26-30(23)25(32)21(34-26)14-17-9-11-18(27)12-10-17/h3-14,23H,1-2H3,(H,29,31)/b21-14-/t23-/m0/s1. The minimum absolute atomic E-state index is 0.240. The molecular weight excluding hydrogens is 470 g/mol. The number of nitrogens with zero attached hydrogens (tertiary/aromatic N) is 2. The largest absolute Gasteiger partial charge is 0.464 e. The zero-order valence-corrected chi connectivity index (χ0v) is 20.0. The number of carbonyl (C=O) groups excluding carboxylic acids is 1. The van der Waals surface area contributed by atoms with Crippen LogP contribution in [0.1, 0.15) is 30.0 Å². The predicted octanol–water partition coefficient (Wildman–Crippen LogP) is 4.43. The SMILES string of the molecule is CC1=C(C(=O)Nc2ccccc2)[C@H](c2ccc(C)o2)n2c(s/c(=C\c3ccc(Cl)cc3)c2=O)=N1. The number of hydrogen-bond donors (Lipinski definition) is 1. The zero-order chi connectivity index (χ0) is 23.8. The van der Waals surface area contributed by atoms with Gasteiger partial charge in [-0.2, -0.15) is 0 Å². The highest BCUT2D eigenvalue weighted by atomic mass is 35.5. The Morgan fingerprint density at radius 2 is 1.82 bits per heavy atom. The first-order valence-corrected chi connectivity index (χ1v) is 11.8. The Morgan fingerprint density at radius 3 is 2.50 bits per heavy atom. The third-order valence-corrected chi connectivity index (χ3v) is 6.73. The van der Waals surface area contributed by atoms with E-state index in [0.29, 0.717) is 42.8 Å². The number of aryl methyl sites for hydroxylation is 1. The summed E-state index contributed by atoms with van der Waals surface area (Å²) in [7, 11) is 0. The van der Waals surface area contributed by atoms with Crippen molar-refractivity contribution >= 4 is 40.6 Å². The number of amides is 1. The van der Waals surface area contributed by atoms with Gasteiger partial charge in [-0.1, -0.05) is 53.3 Å². The van der Waals surface area contributed by atoms with E-state index >= 15 is 0 Å². The molecule has 0 saturated carbocycles. The number of aromatic nitrogens is 1. The van der Waals surface area contributed by atoms with Gasteiger partial charge in [0.05, 0.1) is 15.8 Å². The van der Waals surface area contributed by atoms with E-state index in [1.807, 2.05) is 43.3 Å². The van der Waals surface area contributed by atoms with Crippen molar-refractivity contribution in [2.24, 2.45) is 4.99 Å². The number of furan rings is 1. The second-order valence-corrected chi connectivity index (χ2v) is 9.35. The van der Waals surface area contributed by atoms with Gasteiger partial charge < -0.3 is 9.73 Å². The van der Waals surface area contributed by atoms with Crippen LogP contribution < -0.4 is 20.2 Å². The molecule has 1 amide bonds. The van der Waals surface area contributed by atoms with Crippen LogP contribution >= 0.6 is 22.9 Å². The molecule has 170 valence electrons. The minimum Gasteiger partial charge on any atom is -0.464 e. The van der Waals surface area contributed by atoms with Gasteiger partial charge in [-0.05, 0) is 61.9 Å². The first-order chi connectivity index (χ1) is 16.4. The van der Waals surface area contributed by atoms with Gasteiger partial charge in [0.2, 0.25) is 0 Å². The lowest BCUT2D eigenvalue weighted by atomic mass is 10.00. The molecule has 0 radical (unpaired) electrons. The first kappa shape index (κ1) is 22.1. The summed E-state index contributed by atoms with van der Waals surface area (Å²) < 4.78 is 7.96. The Morgan fingerprint density at radius 1 is 1.09 bits per heavy atom. The van der Waals surface area contributed by atoms with Crippen molar-refractivity contribution < 1.29 is 9.21 Å². The maximum Gasteiger partial charge on any atom is 0.271 e. The summed E-state index contributed by atoms with van der Waals surface area (Å²) >= 11 is 7.27. The van der Waals surface area contributed by atoms with Gasteiger partial charge in [0.15, 0.2) is 4.80 Å². The lowest BCUT2D eigenvalue weighted by Gasteiger charge is -2.23. The Labute approximate surface area is 204 Å². The number of rotatable bonds is 4. The van der Waals surface area contributed by atoms with Gasteiger partial charge in [0, 0.05) is 10.7 Å². The van der Waals surface area contributed by atoms with Crippen LogP contribution in [-0.4, -0.2) is 10.5 Å². The monoisotopic (exact) mass is 489 g/mol. The van der Waals surface area contributed by atoms with Crippen molar-refractivity contribution in [3.05, 3.63) is 120 Å². The van der Waals surface area contributed by atoms with E-state index in [1.165, 1.54) is 15.9 Å². The Bertz CT molecular complexity index is 1600. The maximum atomic E-state index is 13.6. The quantitative estimate of drug-likeness (QED) is 0.460. The summed E-state index contributed by atoms with van der Waals surface area (Å²) in [6.45, 7) is 3.60. The Hall–Kier alpha value is -3.68. The molecule has 1 aliphatic heterocycles. The van der Waals surface area contributed by atoms with Crippen molar-refractivity contribution in [1.29, 1.82) is 0 Å². The summed E-state index contributed by atoms with van der Waals surface area (Å²) in [6, 6.07) is 19.3. The maximum absolute atomic E-state index is 13.6. The Balaban J connectivity index is 1.66. The summed E-state index contributed by atoms with van der Waals surface area (Å²) in [5.41, 5.74) is 2.16. The average molecular weight is 490 g/mol. The number of carbonyl (C=O) groups is 1. The van der Waals surface area contributed by atoms with E-state index in [0.717, 1.165) is 5.56 Å². The third kappa shape index (κ3) is 4.16. The number of allylic oxidation sites excluding steroid dienone is 1. The van der Waals surface area contributed by atoms with Gasteiger partial charge in [-0.3, -0.25) is 14.2 Å². The van der Waals surface area contributed by atoms with E-state index in [1.54, 1.807) is 43.3 Å². The molecule has 1 N–H and O–H groups in total. The predicted molar refractivity (Wildman–Crippen MR) is 134 cm³/mol. The second kappa shape index (κ2) is 8.93. The minimum atomic E-state index is -0.735. The van der Waals surface area contributed by atoms with Gasteiger partial charge in [-0.25, -0.2) is 4.99 Å². The fraction of sp³-hybridized carbons (Fsp3) is 0.115. The van der Waals surface area contributed by atoms with Gasteiger partial charge >= 0.3 is 0 Å². The van der Waals surface area contributed by atoms with Gasteiger partial charge in [0.1, 0.15) is 17.6 Å². The number of anilines is 1. The Kier molecular flexibility index (Phi) is 5.81. The smallest absolute Gasteiger partial charge is 0.271 e. The third-order valence-electron chi connectivity index (χ3n) is 5.50. The van der Waals surface area contributed by atoms with Crippen LogP contribution in [0.25, 0.3) is 6.08 Å². The molecule has 4 aromatic rings.